The van der Waals surface area contributed by atoms with E-state index < -0.39 is 5.60 Å². The molecule has 2 heterocycles. The smallest absolute Gasteiger partial charge is 0.242 e. The van der Waals surface area contributed by atoms with Crippen LogP contribution in [-0.4, -0.2) is 58.5 Å². The standard InChI is InChI=1S/C21H30N2O3/c1-21(26)11-13-23(15-18(21)14-17-8-4-2-5-9-17)20(25)16-22-12-7-3-6-10-19(22)24/h2,4-5,8-9,18,26H,3,6-7,10-16H2,1H3/t18-,21+/m0/s1. The molecule has 0 unspecified atom stereocenters. The average molecular weight is 358 g/mol. The van der Waals surface area contributed by atoms with E-state index in [1.807, 2.05) is 30.0 Å². The van der Waals surface area contributed by atoms with Gasteiger partial charge in [0.1, 0.15) is 0 Å². The van der Waals surface area contributed by atoms with Crippen molar-refractivity contribution in [1.29, 1.82) is 0 Å². The first kappa shape index (κ1) is 18.9. The predicted molar refractivity (Wildman–Crippen MR) is 101 cm³/mol. The van der Waals surface area contributed by atoms with E-state index in [0.717, 1.165) is 25.7 Å². The molecule has 2 aliphatic rings. The Kier molecular flexibility index (Phi) is 5.97. The highest BCUT2D eigenvalue weighted by Crippen LogP contribution is 2.30. The fourth-order valence-electron chi connectivity index (χ4n) is 4.00. The summed E-state index contributed by atoms with van der Waals surface area (Å²) < 4.78 is 0. The van der Waals surface area contributed by atoms with Gasteiger partial charge in [-0.15, -0.1) is 0 Å². The second-order valence-electron chi connectivity index (χ2n) is 7.96. The van der Waals surface area contributed by atoms with Gasteiger partial charge in [-0.2, -0.15) is 0 Å². The highest BCUT2D eigenvalue weighted by molar-refractivity contribution is 5.85. The minimum atomic E-state index is -0.773. The van der Waals surface area contributed by atoms with Crippen molar-refractivity contribution < 1.29 is 14.7 Å². The molecule has 1 aromatic rings. The first-order valence-electron chi connectivity index (χ1n) is 9.77. The average Bonchev–Trinajstić information content (AvgIpc) is 2.82. The summed E-state index contributed by atoms with van der Waals surface area (Å²) >= 11 is 0. The number of aliphatic hydroxyl groups is 1. The molecule has 2 amide bonds. The maximum atomic E-state index is 12.8. The largest absolute Gasteiger partial charge is 0.390 e. The number of nitrogens with zero attached hydrogens (tertiary/aromatic N) is 2. The van der Waals surface area contributed by atoms with Crippen molar-refractivity contribution in [2.24, 2.45) is 5.92 Å². The molecule has 1 N–H and O–H groups in total. The van der Waals surface area contributed by atoms with Crippen LogP contribution < -0.4 is 0 Å². The molecule has 0 bridgehead atoms. The summed E-state index contributed by atoms with van der Waals surface area (Å²) in [6, 6.07) is 10.1. The van der Waals surface area contributed by atoms with Crippen molar-refractivity contribution in [3.8, 4) is 0 Å². The van der Waals surface area contributed by atoms with Crippen molar-refractivity contribution in [3.05, 3.63) is 35.9 Å². The first-order valence-corrected chi connectivity index (χ1v) is 9.77. The van der Waals surface area contributed by atoms with Gasteiger partial charge >= 0.3 is 0 Å². The van der Waals surface area contributed by atoms with Crippen LogP contribution in [0, 0.1) is 5.92 Å². The summed E-state index contributed by atoms with van der Waals surface area (Å²) in [6.45, 7) is 3.84. The van der Waals surface area contributed by atoms with E-state index in [1.165, 1.54) is 5.56 Å². The topological polar surface area (TPSA) is 60.9 Å². The van der Waals surface area contributed by atoms with Crippen LogP contribution in [0.15, 0.2) is 30.3 Å². The molecule has 0 aromatic heterocycles. The van der Waals surface area contributed by atoms with Gasteiger partial charge in [-0.05, 0) is 38.2 Å². The third-order valence-electron chi connectivity index (χ3n) is 5.88. The monoisotopic (exact) mass is 358 g/mol. The van der Waals surface area contributed by atoms with Gasteiger partial charge < -0.3 is 14.9 Å². The molecule has 2 atom stereocenters. The third kappa shape index (κ3) is 4.64. The van der Waals surface area contributed by atoms with E-state index in [4.69, 9.17) is 0 Å². The van der Waals surface area contributed by atoms with Crippen molar-refractivity contribution in [2.45, 2.75) is 51.0 Å². The predicted octanol–water partition coefficient (Wildman–Crippen LogP) is 2.23. The van der Waals surface area contributed by atoms with Crippen LogP contribution in [0.25, 0.3) is 0 Å². The van der Waals surface area contributed by atoms with Gasteiger partial charge in [0.25, 0.3) is 0 Å². The molecular weight excluding hydrogens is 328 g/mol. The molecule has 0 saturated carbocycles. The van der Waals surface area contributed by atoms with E-state index in [2.05, 4.69) is 12.1 Å². The number of carbonyl (C=O) groups excluding carboxylic acids is 2. The van der Waals surface area contributed by atoms with Gasteiger partial charge in [-0.25, -0.2) is 0 Å². The summed E-state index contributed by atoms with van der Waals surface area (Å²) in [4.78, 5) is 28.5. The van der Waals surface area contributed by atoms with E-state index in [0.29, 0.717) is 32.5 Å². The van der Waals surface area contributed by atoms with Crippen LogP contribution in [0.1, 0.15) is 44.6 Å². The number of amides is 2. The molecule has 0 aliphatic carbocycles. The molecule has 2 aliphatic heterocycles. The van der Waals surface area contributed by atoms with Crippen LogP contribution in [0.3, 0.4) is 0 Å². The van der Waals surface area contributed by atoms with Gasteiger partial charge in [0, 0.05) is 32.0 Å². The summed E-state index contributed by atoms with van der Waals surface area (Å²) in [5.41, 5.74) is 0.403. The molecule has 142 valence electrons. The van der Waals surface area contributed by atoms with Crippen molar-refractivity contribution in [3.63, 3.8) is 0 Å². The maximum Gasteiger partial charge on any atom is 0.242 e. The molecule has 2 saturated heterocycles. The fraction of sp³-hybridized carbons (Fsp3) is 0.619. The second kappa shape index (κ2) is 8.21. The Labute approximate surface area is 156 Å². The van der Waals surface area contributed by atoms with Gasteiger partial charge in [0.2, 0.25) is 11.8 Å². The van der Waals surface area contributed by atoms with Crippen LogP contribution in [-0.2, 0) is 16.0 Å². The number of likely N-dealkylation sites (tertiary alicyclic amines) is 2. The Balaban J connectivity index is 1.63. The minimum absolute atomic E-state index is 0.00225. The summed E-state index contributed by atoms with van der Waals surface area (Å²) in [5.74, 6) is 0.108. The van der Waals surface area contributed by atoms with E-state index in [9.17, 15) is 14.7 Å². The Bertz CT molecular complexity index is 629. The molecule has 5 heteroatoms. The second-order valence-corrected chi connectivity index (χ2v) is 7.96. The summed E-state index contributed by atoms with van der Waals surface area (Å²) in [6.07, 6.45) is 4.84. The zero-order valence-corrected chi connectivity index (χ0v) is 15.7. The Morgan fingerprint density at radius 3 is 2.73 bits per heavy atom. The lowest BCUT2D eigenvalue weighted by Crippen LogP contribution is -2.54. The molecule has 0 radical (unpaired) electrons. The van der Waals surface area contributed by atoms with Crippen molar-refractivity contribution in [2.75, 3.05) is 26.2 Å². The highest BCUT2D eigenvalue weighted by atomic mass is 16.3. The Hall–Kier alpha value is -1.88. The van der Waals surface area contributed by atoms with E-state index >= 15 is 0 Å². The lowest BCUT2D eigenvalue weighted by atomic mass is 9.79. The fourth-order valence-corrected chi connectivity index (χ4v) is 4.00. The van der Waals surface area contributed by atoms with Crippen LogP contribution in [0.5, 0.6) is 0 Å². The number of piperidine rings is 1. The number of benzene rings is 1. The van der Waals surface area contributed by atoms with Crippen LogP contribution in [0.2, 0.25) is 0 Å². The summed E-state index contributed by atoms with van der Waals surface area (Å²) in [5, 5.41) is 10.8. The first-order chi connectivity index (χ1) is 12.5. The summed E-state index contributed by atoms with van der Waals surface area (Å²) in [7, 11) is 0. The molecule has 5 nitrogen and oxygen atoms in total. The number of rotatable bonds is 4. The molecule has 3 rings (SSSR count). The van der Waals surface area contributed by atoms with Crippen LogP contribution >= 0.6 is 0 Å². The van der Waals surface area contributed by atoms with Crippen molar-refractivity contribution in [1.82, 2.24) is 9.80 Å². The molecule has 26 heavy (non-hydrogen) atoms. The normalized spacial score (nSPS) is 27.3. The van der Waals surface area contributed by atoms with E-state index in [-0.39, 0.29) is 24.3 Å². The minimum Gasteiger partial charge on any atom is -0.390 e. The third-order valence-corrected chi connectivity index (χ3v) is 5.88. The molecule has 0 spiro atoms. The zero-order valence-electron chi connectivity index (χ0n) is 15.7. The molecule has 2 fully saturated rings. The van der Waals surface area contributed by atoms with E-state index in [1.54, 1.807) is 4.90 Å². The quantitative estimate of drug-likeness (QED) is 0.898. The Morgan fingerprint density at radius 2 is 1.96 bits per heavy atom. The maximum absolute atomic E-state index is 12.8. The van der Waals surface area contributed by atoms with Crippen LogP contribution in [0.4, 0.5) is 0 Å². The van der Waals surface area contributed by atoms with Gasteiger partial charge in [0.15, 0.2) is 0 Å². The lowest BCUT2D eigenvalue weighted by Gasteiger charge is -2.43. The highest BCUT2D eigenvalue weighted by Gasteiger charge is 2.39. The Morgan fingerprint density at radius 1 is 1.19 bits per heavy atom. The van der Waals surface area contributed by atoms with Gasteiger partial charge in [-0.3, -0.25) is 9.59 Å². The number of carbonyl (C=O) groups is 2. The number of hydrogen-bond donors (Lipinski definition) is 1. The lowest BCUT2D eigenvalue weighted by molar-refractivity contribution is -0.145. The van der Waals surface area contributed by atoms with Gasteiger partial charge in [-0.1, -0.05) is 36.8 Å². The molecule has 1 aromatic carbocycles. The molecular formula is C21H30N2O3. The zero-order chi connectivity index (χ0) is 18.6. The van der Waals surface area contributed by atoms with Gasteiger partial charge in [0.05, 0.1) is 12.1 Å². The SMILES string of the molecule is C[C@@]1(O)CCN(C(=O)CN2CCCCCC2=O)C[C@@H]1Cc1ccccc1. The van der Waals surface area contributed by atoms with Crippen molar-refractivity contribution >= 4 is 11.8 Å². The number of hydrogen-bond acceptors (Lipinski definition) is 3.